The Labute approximate surface area is 119 Å². The van der Waals surface area contributed by atoms with E-state index >= 15 is 0 Å². The van der Waals surface area contributed by atoms with Gasteiger partial charge in [0.05, 0.1) is 11.0 Å². The number of nitrogens with two attached hydrogens (primary N) is 1. The third kappa shape index (κ3) is 3.19. The SMILES string of the molecule is Cl.NCC1CCC(Nc2nc3ccccc3[nH]2)CC1. The molecule has 0 bridgehead atoms. The molecule has 104 valence electrons. The Morgan fingerprint density at radius 1 is 1.21 bits per heavy atom. The van der Waals surface area contributed by atoms with E-state index < -0.39 is 0 Å². The van der Waals surface area contributed by atoms with E-state index in [1.807, 2.05) is 18.2 Å². The molecule has 0 spiro atoms. The van der Waals surface area contributed by atoms with E-state index in [9.17, 15) is 0 Å². The number of anilines is 1. The number of rotatable bonds is 3. The van der Waals surface area contributed by atoms with E-state index in [0.29, 0.717) is 6.04 Å². The lowest BCUT2D eigenvalue weighted by Gasteiger charge is -2.28. The smallest absolute Gasteiger partial charge is 0.201 e. The minimum absolute atomic E-state index is 0. The molecule has 1 saturated carbocycles. The number of nitrogens with zero attached hydrogens (tertiary/aromatic N) is 1. The number of fused-ring (bicyclic) bond motifs is 1. The summed E-state index contributed by atoms with van der Waals surface area (Å²) in [7, 11) is 0. The van der Waals surface area contributed by atoms with Crippen molar-refractivity contribution >= 4 is 29.4 Å². The van der Waals surface area contributed by atoms with Gasteiger partial charge in [-0.15, -0.1) is 12.4 Å². The van der Waals surface area contributed by atoms with Gasteiger partial charge in [-0.3, -0.25) is 0 Å². The molecule has 4 nitrogen and oxygen atoms in total. The normalized spacial score (nSPS) is 23.0. The van der Waals surface area contributed by atoms with Crippen LogP contribution in [0.4, 0.5) is 5.95 Å². The average Bonchev–Trinajstić information content (AvgIpc) is 2.82. The highest BCUT2D eigenvalue weighted by molar-refractivity contribution is 5.85. The van der Waals surface area contributed by atoms with E-state index in [0.717, 1.165) is 29.4 Å². The van der Waals surface area contributed by atoms with Gasteiger partial charge in [0, 0.05) is 6.04 Å². The fourth-order valence-corrected chi connectivity index (χ4v) is 2.76. The maximum Gasteiger partial charge on any atom is 0.201 e. The van der Waals surface area contributed by atoms with Gasteiger partial charge in [0.15, 0.2) is 0 Å². The molecule has 19 heavy (non-hydrogen) atoms. The van der Waals surface area contributed by atoms with Gasteiger partial charge in [-0.2, -0.15) is 0 Å². The van der Waals surface area contributed by atoms with Crippen molar-refractivity contribution in [1.29, 1.82) is 0 Å². The number of nitrogens with one attached hydrogen (secondary N) is 2. The lowest BCUT2D eigenvalue weighted by atomic mass is 9.86. The minimum Gasteiger partial charge on any atom is -0.353 e. The number of aromatic nitrogens is 2. The first-order valence-electron chi connectivity index (χ1n) is 6.76. The first-order valence-corrected chi connectivity index (χ1v) is 6.76. The topological polar surface area (TPSA) is 66.7 Å². The van der Waals surface area contributed by atoms with Crippen LogP contribution >= 0.6 is 12.4 Å². The molecule has 1 aliphatic carbocycles. The Kier molecular flexibility index (Phi) is 4.66. The van der Waals surface area contributed by atoms with Crippen LogP contribution in [-0.4, -0.2) is 22.6 Å². The summed E-state index contributed by atoms with van der Waals surface area (Å²) in [6, 6.07) is 8.66. The second-order valence-corrected chi connectivity index (χ2v) is 5.20. The lowest BCUT2D eigenvalue weighted by Crippen LogP contribution is -2.29. The summed E-state index contributed by atoms with van der Waals surface area (Å²) in [6.07, 6.45) is 4.85. The van der Waals surface area contributed by atoms with Crippen LogP contribution in [0.2, 0.25) is 0 Å². The van der Waals surface area contributed by atoms with Crippen molar-refractivity contribution < 1.29 is 0 Å². The standard InChI is InChI=1S/C14H20N4.ClH/c15-9-10-5-7-11(8-6-10)16-14-17-12-3-1-2-4-13(12)18-14;/h1-4,10-11H,5-9,15H2,(H2,16,17,18);1H. The molecule has 1 aromatic carbocycles. The Morgan fingerprint density at radius 2 is 1.95 bits per heavy atom. The predicted molar refractivity (Wildman–Crippen MR) is 81.8 cm³/mol. The Balaban J connectivity index is 0.00000133. The highest BCUT2D eigenvalue weighted by atomic mass is 35.5. The number of hydrogen-bond donors (Lipinski definition) is 3. The lowest BCUT2D eigenvalue weighted by molar-refractivity contribution is 0.344. The zero-order chi connectivity index (χ0) is 12.4. The maximum atomic E-state index is 5.71. The molecule has 0 saturated heterocycles. The molecule has 4 N–H and O–H groups in total. The van der Waals surface area contributed by atoms with E-state index in [4.69, 9.17) is 5.73 Å². The maximum absolute atomic E-state index is 5.71. The van der Waals surface area contributed by atoms with Gasteiger partial charge >= 0.3 is 0 Å². The van der Waals surface area contributed by atoms with E-state index in [-0.39, 0.29) is 12.4 Å². The molecule has 1 fully saturated rings. The second-order valence-electron chi connectivity index (χ2n) is 5.20. The van der Waals surface area contributed by atoms with Crippen LogP contribution in [0.1, 0.15) is 25.7 Å². The summed E-state index contributed by atoms with van der Waals surface area (Å²) >= 11 is 0. The zero-order valence-corrected chi connectivity index (χ0v) is 11.7. The molecule has 1 aliphatic rings. The molecule has 2 aromatic rings. The number of aromatic amines is 1. The average molecular weight is 281 g/mol. The summed E-state index contributed by atoms with van der Waals surface area (Å²) in [5.74, 6) is 1.62. The predicted octanol–water partition coefficient (Wildman–Crippen LogP) is 2.91. The number of hydrogen-bond acceptors (Lipinski definition) is 3. The molecule has 5 heteroatoms. The van der Waals surface area contributed by atoms with Gasteiger partial charge in [-0.25, -0.2) is 4.98 Å². The van der Waals surface area contributed by atoms with Crippen molar-refractivity contribution in [3.63, 3.8) is 0 Å². The highest BCUT2D eigenvalue weighted by Gasteiger charge is 2.20. The second kappa shape index (κ2) is 6.26. The third-order valence-corrected chi connectivity index (χ3v) is 3.91. The van der Waals surface area contributed by atoms with Gasteiger partial charge in [0.2, 0.25) is 5.95 Å². The number of H-pyrrole nitrogens is 1. The summed E-state index contributed by atoms with van der Waals surface area (Å²) in [5.41, 5.74) is 7.83. The Bertz CT molecular complexity index is 484. The quantitative estimate of drug-likeness (QED) is 0.810. The van der Waals surface area contributed by atoms with Crippen molar-refractivity contribution in [2.24, 2.45) is 11.7 Å². The molecule has 1 heterocycles. The van der Waals surface area contributed by atoms with Gasteiger partial charge < -0.3 is 16.0 Å². The van der Waals surface area contributed by atoms with E-state index in [1.54, 1.807) is 0 Å². The van der Waals surface area contributed by atoms with Crippen molar-refractivity contribution in [2.45, 2.75) is 31.7 Å². The van der Waals surface area contributed by atoms with Crippen LogP contribution in [-0.2, 0) is 0 Å². The van der Waals surface area contributed by atoms with E-state index in [1.165, 1.54) is 25.7 Å². The Hall–Kier alpha value is -1.26. The van der Waals surface area contributed by atoms with Crippen molar-refractivity contribution in [1.82, 2.24) is 9.97 Å². The van der Waals surface area contributed by atoms with Crippen LogP contribution in [0.3, 0.4) is 0 Å². The monoisotopic (exact) mass is 280 g/mol. The molecule has 1 aromatic heterocycles. The van der Waals surface area contributed by atoms with Gasteiger partial charge in [-0.1, -0.05) is 12.1 Å². The largest absolute Gasteiger partial charge is 0.353 e. The van der Waals surface area contributed by atoms with Crippen LogP contribution in [0.5, 0.6) is 0 Å². The van der Waals surface area contributed by atoms with Gasteiger partial charge in [0.25, 0.3) is 0 Å². The van der Waals surface area contributed by atoms with Gasteiger partial charge in [-0.05, 0) is 50.3 Å². The zero-order valence-electron chi connectivity index (χ0n) is 10.9. The fraction of sp³-hybridized carbons (Fsp3) is 0.500. The molecule has 0 radical (unpaired) electrons. The Morgan fingerprint density at radius 3 is 2.63 bits per heavy atom. The van der Waals surface area contributed by atoms with Crippen molar-refractivity contribution in [3.8, 4) is 0 Å². The summed E-state index contributed by atoms with van der Waals surface area (Å²) < 4.78 is 0. The molecule has 3 rings (SSSR count). The third-order valence-electron chi connectivity index (χ3n) is 3.91. The first-order chi connectivity index (χ1) is 8.85. The number of halogens is 1. The molecule has 0 aliphatic heterocycles. The van der Waals surface area contributed by atoms with Crippen molar-refractivity contribution in [3.05, 3.63) is 24.3 Å². The highest BCUT2D eigenvalue weighted by Crippen LogP contribution is 2.25. The summed E-state index contributed by atoms with van der Waals surface area (Å²) in [5, 5.41) is 3.51. The minimum atomic E-state index is 0. The van der Waals surface area contributed by atoms with Crippen LogP contribution < -0.4 is 11.1 Å². The van der Waals surface area contributed by atoms with Crippen LogP contribution in [0, 0.1) is 5.92 Å². The molecular formula is C14H21ClN4. The van der Waals surface area contributed by atoms with Crippen LogP contribution in [0.25, 0.3) is 11.0 Å². The fourth-order valence-electron chi connectivity index (χ4n) is 2.76. The van der Waals surface area contributed by atoms with Crippen LogP contribution in [0.15, 0.2) is 24.3 Å². The molecule has 0 amide bonds. The first kappa shape index (κ1) is 14.2. The molecular weight excluding hydrogens is 260 g/mol. The van der Waals surface area contributed by atoms with Crippen molar-refractivity contribution in [2.75, 3.05) is 11.9 Å². The summed E-state index contributed by atoms with van der Waals surface area (Å²) in [4.78, 5) is 7.88. The van der Waals surface area contributed by atoms with E-state index in [2.05, 4.69) is 21.4 Å². The summed E-state index contributed by atoms with van der Waals surface area (Å²) in [6.45, 7) is 0.831. The number of benzene rings is 1. The number of imidazole rings is 1. The molecule has 0 unspecified atom stereocenters. The molecule has 0 atom stereocenters. The van der Waals surface area contributed by atoms with Gasteiger partial charge in [0.1, 0.15) is 0 Å². The number of para-hydroxylation sites is 2.